The molecule has 0 saturated carbocycles. The van der Waals surface area contributed by atoms with E-state index in [1.165, 1.54) is 0 Å². The number of guanidine groups is 1. The number of aryl methyl sites for hydroxylation is 1. The molecule has 0 bridgehead atoms. The minimum absolute atomic E-state index is 0. The number of rotatable bonds is 13. The van der Waals surface area contributed by atoms with Gasteiger partial charge in [0.2, 0.25) is 0 Å². The van der Waals surface area contributed by atoms with E-state index in [1.807, 2.05) is 13.0 Å². The zero-order chi connectivity index (χ0) is 19.0. The molecule has 0 radical (unpaired) electrons. The molecule has 27 heavy (non-hydrogen) atoms. The van der Waals surface area contributed by atoms with Gasteiger partial charge in [-0.15, -0.1) is 24.0 Å². The molecule has 156 valence electrons. The third kappa shape index (κ3) is 12.1. The van der Waals surface area contributed by atoms with Gasteiger partial charge in [-0.1, -0.05) is 25.5 Å². The van der Waals surface area contributed by atoms with Gasteiger partial charge in [0.1, 0.15) is 5.75 Å². The lowest BCUT2D eigenvalue weighted by Crippen LogP contribution is -2.39. The summed E-state index contributed by atoms with van der Waals surface area (Å²) in [6.45, 7) is 11.1. The van der Waals surface area contributed by atoms with Crippen LogP contribution in [-0.2, 0) is 16.0 Å². The lowest BCUT2D eigenvalue weighted by molar-refractivity contribution is 0.0487. The van der Waals surface area contributed by atoms with Crippen LogP contribution in [0.4, 0.5) is 0 Å². The van der Waals surface area contributed by atoms with Crippen LogP contribution >= 0.6 is 24.0 Å². The van der Waals surface area contributed by atoms with Crippen molar-refractivity contribution in [3.05, 3.63) is 29.3 Å². The van der Waals surface area contributed by atoms with Crippen molar-refractivity contribution in [2.75, 3.05) is 46.6 Å². The second kappa shape index (κ2) is 17.1. The van der Waals surface area contributed by atoms with E-state index >= 15 is 0 Å². The van der Waals surface area contributed by atoms with Crippen LogP contribution in [0.1, 0.15) is 37.8 Å². The molecule has 0 unspecified atom stereocenters. The summed E-state index contributed by atoms with van der Waals surface area (Å²) in [6, 6.07) is 6.16. The van der Waals surface area contributed by atoms with Gasteiger partial charge in [-0.3, -0.25) is 0 Å². The zero-order valence-corrected chi connectivity index (χ0v) is 19.5. The summed E-state index contributed by atoms with van der Waals surface area (Å²) in [6.07, 6.45) is 2.27. The van der Waals surface area contributed by atoms with Crippen LogP contribution in [0.2, 0.25) is 0 Å². The van der Waals surface area contributed by atoms with Gasteiger partial charge in [0.05, 0.1) is 33.5 Å². The van der Waals surface area contributed by atoms with E-state index in [0.717, 1.165) is 48.8 Å². The number of unbranched alkanes of at least 4 members (excludes halogenated alkanes) is 1. The van der Waals surface area contributed by atoms with Crippen molar-refractivity contribution in [1.29, 1.82) is 0 Å². The second-order valence-corrected chi connectivity index (χ2v) is 6.00. The van der Waals surface area contributed by atoms with Crippen LogP contribution in [0.3, 0.4) is 0 Å². The number of hydrogen-bond acceptors (Lipinski definition) is 4. The van der Waals surface area contributed by atoms with Crippen molar-refractivity contribution in [2.24, 2.45) is 4.99 Å². The Hall–Kier alpha value is -1.06. The predicted molar refractivity (Wildman–Crippen MR) is 123 cm³/mol. The fourth-order valence-electron chi connectivity index (χ4n) is 2.28. The molecule has 0 amide bonds. The Morgan fingerprint density at radius 1 is 1.04 bits per heavy atom. The molecular weight excluding hydrogens is 457 g/mol. The predicted octanol–water partition coefficient (Wildman–Crippen LogP) is 3.51. The molecule has 0 aliphatic heterocycles. The smallest absolute Gasteiger partial charge is 0.191 e. The molecule has 6 nitrogen and oxygen atoms in total. The van der Waals surface area contributed by atoms with E-state index in [4.69, 9.17) is 14.2 Å². The number of methoxy groups -OCH3 is 1. The van der Waals surface area contributed by atoms with Crippen molar-refractivity contribution in [1.82, 2.24) is 10.6 Å². The van der Waals surface area contributed by atoms with Gasteiger partial charge in [0.15, 0.2) is 5.96 Å². The summed E-state index contributed by atoms with van der Waals surface area (Å²) in [5, 5.41) is 6.53. The lowest BCUT2D eigenvalue weighted by Gasteiger charge is -2.12. The second-order valence-electron chi connectivity index (χ2n) is 6.00. The summed E-state index contributed by atoms with van der Waals surface area (Å²) < 4.78 is 16.4. The molecule has 0 aliphatic rings. The molecular formula is C20H36IN3O3. The molecule has 1 aromatic carbocycles. The first-order valence-corrected chi connectivity index (χ1v) is 9.52. The Labute approximate surface area is 181 Å². The highest BCUT2D eigenvalue weighted by atomic mass is 127. The van der Waals surface area contributed by atoms with Crippen LogP contribution in [0.5, 0.6) is 5.75 Å². The molecule has 7 heteroatoms. The molecule has 0 fully saturated rings. The fraction of sp³-hybridized carbons (Fsp3) is 0.650. The fourth-order valence-corrected chi connectivity index (χ4v) is 2.28. The van der Waals surface area contributed by atoms with Crippen LogP contribution in [0, 0.1) is 6.92 Å². The Morgan fingerprint density at radius 2 is 1.78 bits per heavy atom. The topological polar surface area (TPSA) is 64.1 Å². The first-order valence-electron chi connectivity index (χ1n) is 9.52. The van der Waals surface area contributed by atoms with Crippen LogP contribution < -0.4 is 15.4 Å². The third-order valence-electron chi connectivity index (χ3n) is 3.79. The van der Waals surface area contributed by atoms with Crippen molar-refractivity contribution in [3.63, 3.8) is 0 Å². The Balaban J connectivity index is 0.00000676. The number of ether oxygens (including phenoxy) is 3. The third-order valence-corrected chi connectivity index (χ3v) is 3.79. The highest BCUT2D eigenvalue weighted by Gasteiger charge is 2.01. The largest absolute Gasteiger partial charge is 0.496 e. The highest BCUT2D eigenvalue weighted by Crippen LogP contribution is 2.19. The van der Waals surface area contributed by atoms with Gasteiger partial charge in [-0.25, -0.2) is 4.99 Å². The van der Waals surface area contributed by atoms with E-state index in [0.29, 0.717) is 32.9 Å². The molecule has 1 aromatic rings. The number of nitrogens with zero attached hydrogens (tertiary/aromatic N) is 1. The maximum atomic E-state index is 5.56. The summed E-state index contributed by atoms with van der Waals surface area (Å²) in [5.41, 5.74) is 2.24. The van der Waals surface area contributed by atoms with Gasteiger partial charge in [0, 0.05) is 19.7 Å². The average Bonchev–Trinajstić information content (AvgIpc) is 2.65. The van der Waals surface area contributed by atoms with E-state index in [1.54, 1.807) is 7.11 Å². The van der Waals surface area contributed by atoms with Crippen molar-refractivity contribution in [2.45, 2.75) is 40.2 Å². The molecule has 2 N–H and O–H groups in total. The molecule has 0 spiro atoms. The minimum atomic E-state index is 0. The van der Waals surface area contributed by atoms with Crippen LogP contribution in [0.25, 0.3) is 0 Å². The molecule has 0 aliphatic carbocycles. The van der Waals surface area contributed by atoms with Gasteiger partial charge < -0.3 is 24.8 Å². The maximum Gasteiger partial charge on any atom is 0.191 e. The number of benzene rings is 1. The SMILES string of the molecule is CCCCOCCOCCNC(=NCc1ccc(C)c(OC)c1)NCC.I. The monoisotopic (exact) mass is 493 g/mol. The number of aliphatic imine (C=N–C) groups is 1. The zero-order valence-electron chi connectivity index (χ0n) is 17.2. The van der Waals surface area contributed by atoms with E-state index < -0.39 is 0 Å². The van der Waals surface area contributed by atoms with Crippen LogP contribution in [-0.4, -0.2) is 52.6 Å². The minimum Gasteiger partial charge on any atom is -0.496 e. The van der Waals surface area contributed by atoms with E-state index in [2.05, 4.69) is 41.6 Å². The molecule has 0 atom stereocenters. The number of hydrogen-bond donors (Lipinski definition) is 2. The molecule has 0 saturated heterocycles. The molecule has 1 rings (SSSR count). The van der Waals surface area contributed by atoms with Crippen molar-refractivity contribution >= 4 is 29.9 Å². The quantitative estimate of drug-likeness (QED) is 0.191. The number of nitrogens with one attached hydrogen (secondary N) is 2. The first-order chi connectivity index (χ1) is 12.7. The standard InChI is InChI=1S/C20H35N3O3.HI/c1-5-7-11-25-13-14-26-12-10-22-20(21-6-2)23-16-18-9-8-17(3)19(15-18)24-4;/h8-9,15H,5-7,10-14,16H2,1-4H3,(H2,21,22,23);1H. The van der Waals surface area contributed by atoms with Crippen molar-refractivity contribution < 1.29 is 14.2 Å². The van der Waals surface area contributed by atoms with Gasteiger partial charge in [0.25, 0.3) is 0 Å². The molecule has 0 aromatic heterocycles. The summed E-state index contributed by atoms with van der Waals surface area (Å²) in [5.74, 6) is 1.68. The van der Waals surface area contributed by atoms with Gasteiger partial charge >= 0.3 is 0 Å². The van der Waals surface area contributed by atoms with Gasteiger partial charge in [-0.05, 0) is 37.5 Å². The Kier molecular flexibility index (Phi) is 16.4. The summed E-state index contributed by atoms with van der Waals surface area (Å²) in [7, 11) is 1.69. The Morgan fingerprint density at radius 3 is 2.44 bits per heavy atom. The van der Waals surface area contributed by atoms with Gasteiger partial charge in [-0.2, -0.15) is 0 Å². The highest BCUT2D eigenvalue weighted by molar-refractivity contribution is 14.0. The summed E-state index contributed by atoms with van der Waals surface area (Å²) in [4.78, 5) is 4.62. The summed E-state index contributed by atoms with van der Waals surface area (Å²) >= 11 is 0. The number of halogens is 1. The Bertz CT molecular complexity index is 527. The maximum absolute atomic E-state index is 5.56. The van der Waals surface area contributed by atoms with Crippen molar-refractivity contribution in [3.8, 4) is 5.75 Å². The molecule has 0 heterocycles. The lowest BCUT2D eigenvalue weighted by atomic mass is 10.1. The normalized spacial score (nSPS) is 11.0. The van der Waals surface area contributed by atoms with E-state index in [9.17, 15) is 0 Å². The average molecular weight is 493 g/mol. The van der Waals surface area contributed by atoms with Crippen LogP contribution in [0.15, 0.2) is 23.2 Å². The van der Waals surface area contributed by atoms with E-state index in [-0.39, 0.29) is 24.0 Å². The first kappa shape index (κ1) is 25.9.